The maximum atomic E-state index is 13.8. The van der Waals surface area contributed by atoms with Crippen LogP contribution in [0.25, 0.3) is 11.1 Å². The SMILES string of the molecule is CC(C)[C@@H](C(=O)N1C[C@H](O)C[C@H]1C(=O)NCc1ccc(-c2ccccc2)cc1)N1Cc2ccccc2C1=O. The second-order valence-corrected chi connectivity index (χ2v) is 10.5. The Balaban J connectivity index is 1.27. The minimum atomic E-state index is -0.792. The highest BCUT2D eigenvalue weighted by atomic mass is 16.3. The Morgan fingerprint density at radius 1 is 0.947 bits per heavy atom. The first-order chi connectivity index (χ1) is 18.3. The number of aliphatic hydroxyl groups is 1. The highest BCUT2D eigenvalue weighted by Crippen LogP contribution is 2.30. The van der Waals surface area contributed by atoms with E-state index in [1.54, 1.807) is 11.0 Å². The van der Waals surface area contributed by atoms with Crippen LogP contribution in [0.2, 0.25) is 0 Å². The van der Waals surface area contributed by atoms with Crippen LogP contribution in [0.15, 0.2) is 78.9 Å². The summed E-state index contributed by atoms with van der Waals surface area (Å²) >= 11 is 0. The maximum absolute atomic E-state index is 13.8. The van der Waals surface area contributed by atoms with Gasteiger partial charge in [0.1, 0.15) is 12.1 Å². The van der Waals surface area contributed by atoms with Gasteiger partial charge in [0.25, 0.3) is 5.91 Å². The van der Waals surface area contributed by atoms with Crippen molar-refractivity contribution in [1.29, 1.82) is 0 Å². The van der Waals surface area contributed by atoms with Gasteiger partial charge >= 0.3 is 0 Å². The summed E-state index contributed by atoms with van der Waals surface area (Å²) in [5.74, 6) is -0.941. The number of carbonyl (C=O) groups excluding carboxylic acids is 3. The zero-order valence-electron chi connectivity index (χ0n) is 21.7. The van der Waals surface area contributed by atoms with Crippen molar-refractivity contribution < 1.29 is 19.5 Å². The molecular weight excluding hydrogens is 478 g/mol. The van der Waals surface area contributed by atoms with Gasteiger partial charge in [-0.15, -0.1) is 0 Å². The van der Waals surface area contributed by atoms with E-state index >= 15 is 0 Å². The van der Waals surface area contributed by atoms with Crippen LogP contribution in [0.1, 0.15) is 41.8 Å². The largest absolute Gasteiger partial charge is 0.391 e. The van der Waals surface area contributed by atoms with Crippen molar-refractivity contribution in [2.24, 2.45) is 5.92 Å². The molecule has 2 heterocycles. The first-order valence-electron chi connectivity index (χ1n) is 13.1. The monoisotopic (exact) mass is 511 g/mol. The van der Waals surface area contributed by atoms with Crippen LogP contribution in [0.3, 0.4) is 0 Å². The molecular formula is C31H33N3O4. The van der Waals surface area contributed by atoms with Crippen molar-refractivity contribution in [3.8, 4) is 11.1 Å². The highest BCUT2D eigenvalue weighted by Gasteiger charge is 2.45. The van der Waals surface area contributed by atoms with E-state index in [1.807, 2.05) is 86.6 Å². The molecule has 3 amide bonds. The number of nitrogens with zero attached hydrogens (tertiary/aromatic N) is 2. The molecule has 38 heavy (non-hydrogen) atoms. The second-order valence-electron chi connectivity index (χ2n) is 10.5. The average Bonchev–Trinajstić information content (AvgIpc) is 3.48. The third-order valence-electron chi connectivity index (χ3n) is 7.46. The quantitative estimate of drug-likeness (QED) is 0.507. The Morgan fingerprint density at radius 2 is 1.61 bits per heavy atom. The van der Waals surface area contributed by atoms with Gasteiger partial charge in [0.05, 0.1) is 6.10 Å². The molecule has 0 aliphatic carbocycles. The molecule has 3 aromatic carbocycles. The van der Waals surface area contributed by atoms with E-state index in [9.17, 15) is 19.5 Å². The van der Waals surface area contributed by atoms with Gasteiger partial charge in [0, 0.05) is 31.6 Å². The van der Waals surface area contributed by atoms with Crippen molar-refractivity contribution in [1.82, 2.24) is 15.1 Å². The molecule has 1 saturated heterocycles. The Morgan fingerprint density at radius 3 is 2.29 bits per heavy atom. The Hall–Kier alpha value is -3.97. The van der Waals surface area contributed by atoms with Gasteiger partial charge in [0.2, 0.25) is 11.8 Å². The van der Waals surface area contributed by atoms with Gasteiger partial charge in [-0.25, -0.2) is 0 Å². The fourth-order valence-corrected chi connectivity index (χ4v) is 5.51. The number of rotatable bonds is 7. The van der Waals surface area contributed by atoms with Gasteiger partial charge in [-0.3, -0.25) is 14.4 Å². The predicted octanol–water partition coefficient (Wildman–Crippen LogP) is 3.61. The molecule has 7 heteroatoms. The lowest BCUT2D eigenvalue weighted by Gasteiger charge is -2.35. The number of hydrogen-bond acceptors (Lipinski definition) is 4. The number of nitrogens with one attached hydrogen (secondary N) is 1. The number of amides is 3. The van der Waals surface area contributed by atoms with Crippen LogP contribution >= 0.6 is 0 Å². The molecule has 0 radical (unpaired) electrons. The standard InChI is InChI=1S/C31H33N3O4/c1-20(2)28(34-18-24-10-6-7-11-26(24)30(34)37)31(38)33-19-25(35)16-27(33)29(36)32-17-21-12-14-23(15-13-21)22-8-4-3-5-9-22/h3-15,20,25,27-28,35H,16-19H2,1-2H3,(H,32,36)/t25-,27+,28+/m1/s1. The molecule has 0 saturated carbocycles. The third-order valence-corrected chi connectivity index (χ3v) is 7.46. The summed E-state index contributed by atoms with van der Waals surface area (Å²) in [6, 6.07) is 23.9. The average molecular weight is 512 g/mol. The van der Waals surface area contributed by atoms with Gasteiger partial charge in [0.15, 0.2) is 0 Å². The minimum Gasteiger partial charge on any atom is -0.391 e. The molecule has 0 aromatic heterocycles. The van der Waals surface area contributed by atoms with E-state index in [1.165, 1.54) is 4.90 Å². The van der Waals surface area contributed by atoms with E-state index in [0.717, 1.165) is 22.3 Å². The number of carbonyl (C=O) groups is 3. The van der Waals surface area contributed by atoms with Crippen molar-refractivity contribution in [2.75, 3.05) is 6.54 Å². The van der Waals surface area contributed by atoms with Crippen LogP contribution in [0, 0.1) is 5.92 Å². The predicted molar refractivity (Wildman–Crippen MR) is 145 cm³/mol. The van der Waals surface area contributed by atoms with Crippen molar-refractivity contribution >= 4 is 17.7 Å². The number of fused-ring (bicyclic) bond motifs is 1. The molecule has 0 spiro atoms. The Bertz CT molecular complexity index is 1320. The van der Waals surface area contributed by atoms with Crippen molar-refractivity contribution in [2.45, 2.75) is 51.5 Å². The summed E-state index contributed by atoms with van der Waals surface area (Å²) in [5, 5.41) is 13.4. The number of aliphatic hydroxyl groups excluding tert-OH is 1. The zero-order chi connectivity index (χ0) is 26.8. The van der Waals surface area contributed by atoms with E-state index in [4.69, 9.17) is 0 Å². The summed E-state index contributed by atoms with van der Waals surface area (Å²) in [6.07, 6.45) is -0.622. The minimum absolute atomic E-state index is 0.0703. The van der Waals surface area contributed by atoms with E-state index in [2.05, 4.69) is 5.32 Å². The molecule has 3 aromatic rings. The van der Waals surface area contributed by atoms with Crippen LogP contribution in [-0.2, 0) is 22.7 Å². The lowest BCUT2D eigenvalue weighted by Crippen LogP contribution is -2.55. The number of likely N-dealkylation sites (tertiary alicyclic amines) is 1. The Kier molecular flexibility index (Phi) is 7.29. The maximum Gasteiger partial charge on any atom is 0.255 e. The Labute approximate surface area is 223 Å². The van der Waals surface area contributed by atoms with E-state index in [0.29, 0.717) is 18.7 Å². The molecule has 0 bridgehead atoms. The first kappa shape index (κ1) is 25.7. The molecule has 0 unspecified atom stereocenters. The fourth-order valence-electron chi connectivity index (χ4n) is 5.51. The van der Waals surface area contributed by atoms with Crippen LogP contribution < -0.4 is 5.32 Å². The lowest BCUT2D eigenvalue weighted by molar-refractivity contribution is -0.143. The molecule has 2 aliphatic rings. The smallest absolute Gasteiger partial charge is 0.255 e. The first-order valence-corrected chi connectivity index (χ1v) is 13.1. The summed E-state index contributed by atoms with van der Waals surface area (Å²) in [7, 11) is 0. The van der Waals surface area contributed by atoms with Gasteiger partial charge in [-0.2, -0.15) is 0 Å². The third kappa shape index (κ3) is 5.07. The molecule has 7 nitrogen and oxygen atoms in total. The normalized spacial score (nSPS) is 19.5. The number of hydrogen-bond donors (Lipinski definition) is 2. The van der Waals surface area contributed by atoms with Gasteiger partial charge in [-0.05, 0) is 34.2 Å². The van der Waals surface area contributed by atoms with Gasteiger partial charge in [-0.1, -0.05) is 86.6 Å². The molecule has 196 valence electrons. The molecule has 5 rings (SSSR count). The molecule has 3 atom stereocenters. The summed E-state index contributed by atoms with van der Waals surface area (Å²) in [5.41, 5.74) is 4.66. The molecule has 2 aliphatic heterocycles. The van der Waals surface area contributed by atoms with Crippen LogP contribution in [-0.4, -0.2) is 57.4 Å². The molecule has 1 fully saturated rings. The van der Waals surface area contributed by atoms with E-state index < -0.39 is 18.2 Å². The van der Waals surface area contributed by atoms with Crippen molar-refractivity contribution in [3.05, 3.63) is 95.6 Å². The second kappa shape index (κ2) is 10.8. The summed E-state index contributed by atoms with van der Waals surface area (Å²) in [6.45, 7) is 4.55. The zero-order valence-corrected chi connectivity index (χ0v) is 21.7. The summed E-state index contributed by atoms with van der Waals surface area (Å²) in [4.78, 5) is 43.2. The lowest BCUT2D eigenvalue weighted by atomic mass is 10.0. The van der Waals surface area contributed by atoms with Gasteiger partial charge < -0.3 is 20.2 Å². The number of β-amino-alcohol motifs (C(OH)–C–C–N with tert-alkyl or cyclic N) is 1. The fraction of sp³-hybridized carbons (Fsp3) is 0.323. The molecule has 2 N–H and O–H groups in total. The topological polar surface area (TPSA) is 89.9 Å². The van der Waals surface area contributed by atoms with E-state index in [-0.39, 0.29) is 36.6 Å². The van der Waals surface area contributed by atoms with Crippen LogP contribution in [0.4, 0.5) is 0 Å². The number of benzene rings is 3. The van der Waals surface area contributed by atoms with Crippen LogP contribution in [0.5, 0.6) is 0 Å². The van der Waals surface area contributed by atoms with Crippen molar-refractivity contribution in [3.63, 3.8) is 0 Å². The highest BCUT2D eigenvalue weighted by molar-refractivity contribution is 6.01. The summed E-state index contributed by atoms with van der Waals surface area (Å²) < 4.78 is 0.